The minimum absolute atomic E-state index is 0.319. The van der Waals surface area contributed by atoms with Crippen molar-refractivity contribution in [2.24, 2.45) is 0 Å². The molecule has 0 unspecified atom stereocenters. The molecule has 0 aliphatic heterocycles. The second-order valence-electron chi connectivity index (χ2n) is 1.51. The van der Waals surface area contributed by atoms with Crippen molar-refractivity contribution in [3.05, 3.63) is 21.8 Å². The van der Waals surface area contributed by atoms with Gasteiger partial charge in [0.1, 0.15) is 10.7 Å². The van der Waals surface area contributed by atoms with Crippen LogP contribution in [0.25, 0.3) is 0 Å². The van der Waals surface area contributed by atoms with Crippen molar-refractivity contribution in [3.8, 4) is 0 Å². The van der Waals surface area contributed by atoms with Crippen LogP contribution in [0.2, 0.25) is 0 Å². The molecule has 0 saturated carbocycles. The van der Waals surface area contributed by atoms with Gasteiger partial charge in [-0.3, -0.25) is 21.6 Å². The van der Waals surface area contributed by atoms with Gasteiger partial charge >= 0.3 is 0 Å². The molecule has 0 aliphatic carbocycles. The van der Waals surface area contributed by atoms with Crippen LogP contribution in [0.15, 0.2) is 4.42 Å². The van der Waals surface area contributed by atoms with E-state index in [4.69, 9.17) is 21.6 Å². The highest BCUT2D eigenvalue weighted by molar-refractivity contribution is 4.74. The Balaban J connectivity index is 4.15. The molecule has 1 aromatic heterocycles. The van der Waals surface area contributed by atoms with Gasteiger partial charge in [0.25, 0.3) is 0 Å². The molecule has 46 valence electrons. The van der Waals surface area contributed by atoms with Crippen LogP contribution in [0.3, 0.4) is 0 Å². The zero-order valence-electron chi connectivity index (χ0n) is 4.41. The van der Waals surface area contributed by atoms with Crippen LogP contribution in [0.5, 0.6) is 0 Å². The molecule has 4 N–H and O–H groups in total. The van der Waals surface area contributed by atoms with Crippen molar-refractivity contribution in [1.29, 1.82) is 21.6 Å². The number of hydrogen-bond acceptors (Lipinski definition) is 5. The van der Waals surface area contributed by atoms with Crippen LogP contribution in [0.1, 0.15) is 0 Å². The largest absolute Gasteiger partial charge is 0.417 e. The summed E-state index contributed by atoms with van der Waals surface area (Å²) < 4.78 is 4.30. The minimum atomic E-state index is -0.412. The first kappa shape index (κ1) is 5.61. The summed E-state index contributed by atoms with van der Waals surface area (Å²) in [6.07, 6.45) is 0. The average Bonchev–Trinajstić information content (AvgIpc) is 1.98. The SMILES string of the molecule is N=c1oc(=N)c(=N)c1=N. The third kappa shape index (κ3) is 0.620. The molecular formula is C4H4N4O. The Morgan fingerprint density at radius 3 is 1.22 bits per heavy atom. The molecule has 9 heavy (non-hydrogen) atoms. The van der Waals surface area contributed by atoms with Crippen molar-refractivity contribution in [1.82, 2.24) is 0 Å². The van der Waals surface area contributed by atoms with Gasteiger partial charge in [-0.15, -0.1) is 0 Å². The topological polar surface area (TPSA) is 109 Å². The van der Waals surface area contributed by atoms with Gasteiger partial charge in [-0.25, -0.2) is 0 Å². The van der Waals surface area contributed by atoms with E-state index >= 15 is 0 Å². The fourth-order valence-electron chi connectivity index (χ4n) is 0.431. The van der Waals surface area contributed by atoms with Gasteiger partial charge in [0.2, 0.25) is 11.1 Å². The number of nitrogens with one attached hydrogen (secondary N) is 4. The molecule has 0 aliphatic rings. The lowest BCUT2D eigenvalue weighted by Crippen LogP contribution is -2.34. The van der Waals surface area contributed by atoms with Gasteiger partial charge in [0.05, 0.1) is 0 Å². The maximum Gasteiger partial charge on any atom is 0.241 e. The van der Waals surface area contributed by atoms with Crippen molar-refractivity contribution in [2.45, 2.75) is 0 Å². The van der Waals surface area contributed by atoms with Gasteiger partial charge in [-0.1, -0.05) is 0 Å². The fraction of sp³-hybridized carbons (Fsp3) is 0. The van der Waals surface area contributed by atoms with Gasteiger partial charge in [0.15, 0.2) is 0 Å². The molecule has 1 heterocycles. The van der Waals surface area contributed by atoms with E-state index in [1.807, 2.05) is 0 Å². The molecule has 0 spiro atoms. The Bertz CT molecular complexity index is 367. The minimum Gasteiger partial charge on any atom is -0.417 e. The molecule has 0 fully saturated rings. The monoisotopic (exact) mass is 124 g/mol. The lowest BCUT2D eigenvalue weighted by atomic mass is 10.5. The lowest BCUT2D eigenvalue weighted by molar-refractivity contribution is 0.445. The second-order valence-corrected chi connectivity index (χ2v) is 1.51. The number of rotatable bonds is 0. The van der Waals surface area contributed by atoms with Gasteiger partial charge < -0.3 is 4.42 Å². The Morgan fingerprint density at radius 1 is 0.778 bits per heavy atom. The lowest BCUT2D eigenvalue weighted by Gasteiger charge is -1.59. The predicted molar refractivity (Wildman–Crippen MR) is 24.5 cm³/mol. The van der Waals surface area contributed by atoms with E-state index in [1.54, 1.807) is 0 Å². The molecule has 5 heteroatoms. The quantitative estimate of drug-likeness (QED) is 0.317. The highest BCUT2D eigenvalue weighted by atomic mass is 16.3. The summed E-state index contributed by atoms with van der Waals surface area (Å²) in [6.45, 7) is 0. The Labute approximate surface area is 49.0 Å². The van der Waals surface area contributed by atoms with E-state index < -0.39 is 11.1 Å². The van der Waals surface area contributed by atoms with Gasteiger partial charge in [-0.2, -0.15) is 0 Å². The maximum atomic E-state index is 6.88. The molecule has 1 rings (SSSR count). The summed E-state index contributed by atoms with van der Waals surface area (Å²) in [5.41, 5.74) is -0.824. The van der Waals surface area contributed by atoms with Crippen molar-refractivity contribution < 1.29 is 4.42 Å². The molecule has 0 radical (unpaired) electrons. The predicted octanol–water partition coefficient (Wildman–Crippen LogP) is -1.93. The standard InChI is InChI=1S/C4H4N4O/c5-1-2(6)4(8)9-3(1)7/h5-8H. The van der Waals surface area contributed by atoms with Crippen LogP contribution < -0.4 is 21.8 Å². The summed E-state index contributed by atoms with van der Waals surface area (Å²) in [7, 11) is 0. The molecule has 0 amide bonds. The van der Waals surface area contributed by atoms with Crippen molar-refractivity contribution in [3.63, 3.8) is 0 Å². The number of hydrogen-bond donors (Lipinski definition) is 4. The van der Waals surface area contributed by atoms with Crippen LogP contribution in [-0.2, 0) is 0 Å². The zero-order valence-corrected chi connectivity index (χ0v) is 4.41. The van der Waals surface area contributed by atoms with E-state index in [2.05, 4.69) is 4.42 Å². The molecule has 0 atom stereocenters. The third-order valence-electron chi connectivity index (χ3n) is 0.908. The number of furan rings is 1. The van der Waals surface area contributed by atoms with Gasteiger partial charge in [-0.05, 0) is 0 Å². The summed E-state index contributed by atoms with van der Waals surface area (Å²) in [5, 5.41) is 26.7. The molecule has 0 saturated heterocycles. The normalized spacial score (nSPS) is 9.78. The van der Waals surface area contributed by atoms with Crippen LogP contribution in [0, 0.1) is 21.6 Å². The summed E-state index contributed by atoms with van der Waals surface area (Å²) in [4.78, 5) is 0. The Kier molecular flexibility index (Phi) is 0.921. The molecule has 0 aromatic carbocycles. The summed E-state index contributed by atoms with van der Waals surface area (Å²) in [6, 6.07) is 0. The van der Waals surface area contributed by atoms with E-state index in [0.29, 0.717) is 0 Å². The Hall–Kier alpha value is -1.52. The first-order chi connectivity index (χ1) is 4.13. The van der Waals surface area contributed by atoms with Gasteiger partial charge in [0, 0.05) is 0 Å². The molecule has 1 aromatic rings. The summed E-state index contributed by atoms with van der Waals surface area (Å²) >= 11 is 0. The van der Waals surface area contributed by atoms with Crippen LogP contribution in [-0.4, -0.2) is 0 Å². The van der Waals surface area contributed by atoms with E-state index in [0.717, 1.165) is 0 Å². The van der Waals surface area contributed by atoms with Crippen molar-refractivity contribution in [2.75, 3.05) is 0 Å². The second kappa shape index (κ2) is 1.48. The first-order valence-electron chi connectivity index (χ1n) is 2.16. The van der Waals surface area contributed by atoms with E-state index in [9.17, 15) is 0 Å². The molecule has 5 nitrogen and oxygen atoms in total. The first-order valence-corrected chi connectivity index (χ1v) is 2.16. The zero-order chi connectivity index (χ0) is 7.02. The van der Waals surface area contributed by atoms with Crippen LogP contribution in [0.4, 0.5) is 0 Å². The van der Waals surface area contributed by atoms with E-state index in [-0.39, 0.29) is 10.7 Å². The highest BCUT2D eigenvalue weighted by Gasteiger charge is 1.94. The summed E-state index contributed by atoms with van der Waals surface area (Å²) in [5.74, 6) is 0. The van der Waals surface area contributed by atoms with E-state index in [1.165, 1.54) is 0 Å². The smallest absolute Gasteiger partial charge is 0.241 e. The average molecular weight is 124 g/mol. The maximum absolute atomic E-state index is 6.88. The Morgan fingerprint density at radius 2 is 1.11 bits per heavy atom. The fourth-order valence-corrected chi connectivity index (χ4v) is 0.431. The van der Waals surface area contributed by atoms with Crippen molar-refractivity contribution >= 4 is 0 Å². The third-order valence-corrected chi connectivity index (χ3v) is 0.908. The molecular weight excluding hydrogens is 120 g/mol. The molecule has 0 bridgehead atoms. The van der Waals surface area contributed by atoms with Crippen LogP contribution >= 0.6 is 0 Å². The highest BCUT2D eigenvalue weighted by Crippen LogP contribution is 1.37.